The molecule has 0 aromatic heterocycles. The van der Waals surface area contributed by atoms with Crippen LogP contribution in [0.5, 0.6) is 0 Å². The van der Waals surface area contributed by atoms with Crippen LogP contribution in [0.15, 0.2) is 42.5 Å². The van der Waals surface area contributed by atoms with Gasteiger partial charge in [0.1, 0.15) is 5.82 Å². The Bertz CT molecular complexity index is 597. The third-order valence-electron chi connectivity index (χ3n) is 3.81. The topological polar surface area (TPSA) is 3.24 Å². The van der Waals surface area contributed by atoms with Gasteiger partial charge < -0.3 is 4.90 Å². The standard InChI is InChI=1S/C17H19BrFN/c1-12-10-15(9-8-14(12)11-18)20(3)13(2)16-6-4-5-7-17(16)19/h4-10,13H,11H2,1-3H3. The number of alkyl halides is 1. The second kappa shape index (κ2) is 6.40. The van der Waals surface area contributed by atoms with Crippen LogP contribution in [-0.2, 0) is 5.33 Å². The summed E-state index contributed by atoms with van der Waals surface area (Å²) < 4.78 is 13.9. The van der Waals surface area contributed by atoms with Gasteiger partial charge in [0.2, 0.25) is 0 Å². The van der Waals surface area contributed by atoms with E-state index in [-0.39, 0.29) is 11.9 Å². The molecular weight excluding hydrogens is 317 g/mol. The molecule has 1 nitrogen and oxygen atoms in total. The van der Waals surface area contributed by atoms with Gasteiger partial charge in [0.05, 0.1) is 6.04 Å². The molecule has 0 aliphatic rings. The molecule has 2 aromatic rings. The summed E-state index contributed by atoms with van der Waals surface area (Å²) in [5.74, 6) is -0.152. The Kier molecular flexibility index (Phi) is 4.81. The lowest BCUT2D eigenvalue weighted by atomic mass is 10.0. The number of rotatable bonds is 4. The predicted molar refractivity (Wildman–Crippen MR) is 87.0 cm³/mol. The van der Waals surface area contributed by atoms with E-state index in [1.54, 1.807) is 6.07 Å². The molecule has 0 aliphatic carbocycles. The van der Waals surface area contributed by atoms with Gasteiger partial charge in [0.25, 0.3) is 0 Å². The number of nitrogens with zero attached hydrogens (tertiary/aromatic N) is 1. The molecule has 0 saturated heterocycles. The van der Waals surface area contributed by atoms with E-state index in [9.17, 15) is 4.39 Å². The third-order valence-corrected chi connectivity index (χ3v) is 4.42. The Morgan fingerprint density at radius 3 is 2.50 bits per heavy atom. The molecule has 0 saturated carbocycles. The maximum absolute atomic E-state index is 13.9. The van der Waals surface area contributed by atoms with Gasteiger partial charge in [-0.1, -0.05) is 40.2 Å². The van der Waals surface area contributed by atoms with Gasteiger partial charge in [-0.25, -0.2) is 4.39 Å². The zero-order valence-corrected chi connectivity index (χ0v) is 13.6. The van der Waals surface area contributed by atoms with Crippen molar-refractivity contribution >= 4 is 21.6 Å². The number of anilines is 1. The van der Waals surface area contributed by atoms with E-state index in [0.29, 0.717) is 0 Å². The van der Waals surface area contributed by atoms with Crippen LogP contribution in [0, 0.1) is 12.7 Å². The molecule has 20 heavy (non-hydrogen) atoms. The van der Waals surface area contributed by atoms with Gasteiger partial charge in [-0.05, 0) is 43.2 Å². The summed E-state index contributed by atoms with van der Waals surface area (Å²) in [5, 5.41) is 0.853. The van der Waals surface area contributed by atoms with E-state index < -0.39 is 0 Å². The summed E-state index contributed by atoms with van der Waals surface area (Å²) in [6.45, 7) is 4.12. The molecule has 2 aromatic carbocycles. The average Bonchev–Trinajstić information content (AvgIpc) is 2.46. The fourth-order valence-electron chi connectivity index (χ4n) is 2.30. The van der Waals surface area contributed by atoms with E-state index in [4.69, 9.17) is 0 Å². The summed E-state index contributed by atoms with van der Waals surface area (Å²) >= 11 is 3.48. The summed E-state index contributed by atoms with van der Waals surface area (Å²) in [7, 11) is 2.00. The highest BCUT2D eigenvalue weighted by molar-refractivity contribution is 9.08. The predicted octanol–water partition coefficient (Wildman–Crippen LogP) is 5.23. The van der Waals surface area contributed by atoms with Crippen molar-refractivity contribution in [1.29, 1.82) is 0 Å². The third kappa shape index (κ3) is 3.04. The highest BCUT2D eigenvalue weighted by Crippen LogP contribution is 2.28. The molecule has 1 unspecified atom stereocenters. The first-order valence-electron chi connectivity index (χ1n) is 6.67. The minimum absolute atomic E-state index is 0.00887. The maximum atomic E-state index is 13.9. The van der Waals surface area contributed by atoms with Crippen LogP contribution in [0.2, 0.25) is 0 Å². The molecule has 0 bridgehead atoms. The van der Waals surface area contributed by atoms with Crippen LogP contribution >= 0.6 is 15.9 Å². The van der Waals surface area contributed by atoms with Gasteiger partial charge in [-0.2, -0.15) is 0 Å². The first-order chi connectivity index (χ1) is 9.54. The Hall–Kier alpha value is -1.35. The number of hydrogen-bond donors (Lipinski definition) is 0. The van der Waals surface area contributed by atoms with Crippen molar-refractivity contribution in [2.75, 3.05) is 11.9 Å². The molecule has 0 amide bonds. The van der Waals surface area contributed by atoms with Gasteiger partial charge in [-0.15, -0.1) is 0 Å². The first-order valence-corrected chi connectivity index (χ1v) is 7.79. The zero-order chi connectivity index (χ0) is 14.7. The minimum atomic E-state index is -0.152. The van der Waals surface area contributed by atoms with E-state index in [0.717, 1.165) is 16.6 Å². The van der Waals surface area contributed by atoms with E-state index in [2.05, 4.69) is 46.0 Å². The van der Waals surface area contributed by atoms with Crippen LogP contribution < -0.4 is 4.90 Å². The molecule has 3 heteroatoms. The number of aryl methyl sites for hydroxylation is 1. The fraction of sp³-hybridized carbons (Fsp3) is 0.294. The van der Waals surface area contributed by atoms with Crippen molar-refractivity contribution in [3.05, 3.63) is 65.0 Å². The molecule has 106 valence electrons. The smallest absolute Gasteiger partial charge is 0.128 e. The fourth-order valence-corrected chi connectivity index (χ4v) is 2.92. The molecule has 0 heterocycles. The van der Waals surface area contributed by atoms with Crippen LogP contribution in [0.1, 0.15) is 29.7 Å². The summed E-state index contributed by atoms with van der Waals surface area (Å²) in [4.78, 5) is 2.10. The second-order valence-electron chi connectivity index (χ2n) is 5.05. The molecule has 2 rings (SSSR count). The molecule has 0 N–H and O–H groups in total. The summed E-state index contributed by atoms with van der Waals surface area (Å²) in [5.41, 5.74) is 4.34. The first kappa shape index (κ1) is 15.0. The lowest BCUT2D eigenvalue weighted by Gasteiger charge is -2.28. The molecule has 0 aliphatic heterocycles. The lowest BCUT2D eigenvalue weighted by Crippen LogP contribution is -2.22. The van der Waals surface area contributed by atoms with Crippen molar-refractivity contribution in [2.24, 2.45) is 0 Å². The van der Waals surface area contributed by atoms with Gasteiger partial charge in [-0.3, -0.25) is 0 Å². The number of halogens is 2. The van der Waals surface area contributed by atoms with Crippen LogP contribution in [0.4, 0.5) is 10.1 Å². The second-order valence-corrected chi connectivity index (χ2v) is 5.61. The Labute approximate surface area is 128 Å². The van der Waals surface area contributed by atoms with Crippen LogP contribution in [-0.4, -0.2) is 7.05 Å². The zero-order valence-electron chi connectivity index (χ0n) is 12.0. The monoisotopic (exact) mass is 335 g/mol. The van der Waals surface area contributed by atoms with Crippen molar-refractivity contribution in [1.82, 2.24) is 0 Å². The molecular formula is C17H19BrFN. The Balaban J connectivity index is 2.29. The van der Waals surface area contributed by atoms with Crippen LogP contribution in [0.3, 0.4) is 0 Å². The van der Waals surface area contributed by atoms with E-state index >= 15 is 0 Å². The van der Waals surface area contributed by atoms with Gasteiger partial charge >= 0.3 is 0 Å². The molecule has 0 radical (unpaired) electrons. The van der Waals surface area contributed by atoms with Crippen molar-refractivity contribution in [2.45, 2.75) is 25.2 Å². The number of hydrogen-bond acceptors (Lipinski definition) is 1. The average molecular weight is 336 g/mol. The van der Waals surface area contributed by atoms with E-state index in [1.165, 1.54) is 17.2 Å². The summed E-state index contributed by atoms with van der Waals surface area (Å²) in [6.07, 6.45) is 0. The molecule has 0 fully saturated rings. The normalized spacial score (nSPS) is 12.2. The van der Waals surface area contributed by atoms with Crippen molar-refractivity contribution in [3.8, 4) is 0 Å². The highest BCUT2D eigenvalue weighted by atomic mass is 79.9. The lowest BCUT2D eigenvalue weighted by molar-refractivity contribution is 0.585. The molecule has 1 atom stereocenters. The molecule has 0 spiro atoms. The Morgan fingerprint density at radius 2 is 1.90 bits per heavy atom. The van der Waals surface area contributed by atoms with Crippen molar-refractivity contribution in [3.63, 3.8) is 0 Å². The van der Waals surface area contributed by atoms with Crippen molar-refractivity contribution < 1.29 is 4.39 Å². The van der Waals surface area contributed by atoms with Gasteiger partial charge in [0, 0.05) is 23.6 Å². The Morgan fingerprint density at radius 1 is 1.20 bits per heavy atom. The quantitative estimate of drug-likeness (QED) is 0.692. The van der Waals surface area contributed by atoms with Crippen LogP contribution in [0.25, 0.3) is 0 Å². The maximum Gasteiger partial charge on any atom is 0.128 e. The highest BCUT2D eigenvalue weighted by Gasteiger charge is 2.16. The summed E-state index contributed by atoms with van der Waals surface area (Å²) in [6, 6.07) is 13.3. The van der Waals surface area contributed by atoms with Gasteiger partial charge in [0.15, 0.2) is 0 Å². The van der Waals surface area contributed by atoms with E-state index in [1.807, 2.05) is 26.1 Å². The number of benzene rings is 2. The SMILES string of the molecule is Cc1cc(N(C)C(C)c2ccccc2F)ccc1CBr. The minimum Gasteiger partial charge on any atom is -0.368 e. The largest absolute Gasteiger partial charge is 0.368 e.